The minimum absolute atomic E-state index is 0.136. The second-order valence-corrected chi connectivity index (χ2v) is 6.77. The molecule has 6 nitrogen and oxygen atoms in total. The lowest BCUT2D eigenvalue weighted by Crippen LogP contribution is -2.45. The molecule has 6 heteroatoms. The van der Waals surface area contributed by atoms with E-state index < -0.39 is 24.5 Å². The van der Waals surface area contributed by atoms with E-state index in [9.17, 15) is 14.4 Å². The summed E-state index contributed by atoms with van der Waals surface area (Å²) >= 11 is 0. The molecule has 138 valence electrons. The predicted octanol–water partition coefficient (Wildman–Crippen LogP) is 2.76. The molecule has 0 aliphatic heterocycles. The molecule has 1 aromatic carbocycles. The molecule has 2 N–H and O–H groups in total. The maximum Gasteiger partial charge on any atom is 0.329 e. The van der Waals surface area contributed by atoms with Crippen molar-refractivity contribution in [3.63, 3.8) is 0 Å². The maximum atomic E-state index is 12.2. The Morgan fingerprint density at radius 2 is 1.76 bits per heavy atom. The van der Waals surface area contributed by atoms with E-state index in [2.05, 4.69) is 10.6 Å². The fourth-order valence-corrected chi connectivity index (χ4v) is 2.46. The van der Waals surface area contributed by atoms with Crippen molar-refractivity contribution in [3.05, 3.63) is 29.3 Å². The van der Waals surface area contributed by atoms with Crippen LogP contribution < -0.4 is 10.6 Å². The number of hydrogen-bond acceptors (Lipinski definition) is 4. The molecule has 0 aromatic heterocycles. The molecular weight excluding hydrogens is 320 g/mol. The third kappa shape index (κ3) is 6.21. The van der Waals surface area contributed by atoms with Crippen molar-refractivity contribution in [1.82, 2.24) is 5.32 Å². The highest BCUT2D eigenvalue weighted by Crippen LogP contribution is 2.27. The van der Waals surface area contributed by atoms with Crippen molar-refractivity contribution < 1.29 is 19.1 Å². The number of rotatable bonds is 7. The lowest BCUT2D eigenvalue weighted by Gasteiger charge is -2.20. The first kappa shape index (κ1) is 20.7. The molecule has 0 bridgehead atoms. The van der Waals surface area contributed by atoms with Gasteiger partial charge in [0.05, 0.1) is 0 Å². The van der Waals surface area contributed by atoms with Gasteiger partial charge in [0, 0.05) is 12.6 Å². The summed E-state index contributed by atoms with van der Waals surface area (Å²) in [5.41, 5.74) is 2.72. The van der Waals surface area contributed by atoms with E-state index in [0.717, 1.165) is 16.8 Å². The van der Waals surface area contributed by atoms with Gasteiger partial charge in [-0.15, -0.1) is 0 Å². The van der Waals surface area contributed by atoms with Crippen molar-refractivity contribution in [3.8, 4) is 0 Å². The Kier molecular flexibility index (Phi) is 7.61. The second-order valence-electron chi connectivity index (χ2n) is 6.77. The van der Waals surface area contributed by atoms with Gasteiger partial charge >= 0.3 is 5.97 Å². The lowest BCUT2D eigenvalue weighted by atomic mass is 9.98. The first-order chi connectivity index (χ1) is 11.6. The van der Waals surface area contributed by atoms with E-state index in [1.807, 2.05) is 39.0 Å². The van der Waals surface area contributed by atoms with Crippen LogP contribution in [0.4, 0.5) is 5.69 Å². The zero-order chi connectivity index (χ0) is 19.1. The van der Waals surface area contributed by atoms with Crippen LogP contribution in [-0.2, 0) is 19.1 Å². The average molecular weight is 348 g/mol. The number of para-hydroxylation sites is 1. The van der Waals surface area contributed by atoms with Gasteiger partial charge in [-0.05, 0) is 29.9 Å². The lowest BCUT2D eigenvalue weighted by molar-refractivity contribution is -0.151. The van der Waals surface area contributed by atoms with Crippen LogP contribution in [0, 0.1) is 12.8 Å². The monoisotopic (exact) mass is 348 g/mol. The molecule has 0 heterocycles. The Morgan fingerprint density at radius 3 is 2.28 bits per heavy atom. The number of ether oxygens (including phenoxy) is 1. The van der Waals surface area contributed by atoms with E-state index >= 15 is 0 Å². The topological polar surface area (TPSA) is 84.5 Å². The molecule has 0 aliphatic carbocycles. The van der Waals surface area contributed by atoms with Crippen LogP contribution in [0.5, 0.6) is 0 Å². The standard InChI is InChI=1S/C19H28N2O4/c1-11(2)15-9-7-8-13(5)18(15)21-16(23)10-25-19(24)17(12(3)4)20-14(6)22/h7-9,11-12,17H,10H2,1-6H3,(H,20,22)(H,21,23). The number of benzene rings is 1. The normalized spacial score (nSPS) is 12.0. The van der Waals surface area contributed by atoms with Gasteiger partial charge < -0.3 is 15.4 Å². The molecule has 1 unspecified atom stereocenters. The summed E-state index contributed by atoms with van der Waals surface area (Å²) in [7, 11) is 0. The highest BCUT2D eigenvalue weighted by molar-refractivity contribution is 5.95. The zero-order valence-electron chi connectivity index (χ0n) is 15.8. The summed E-state index contributed by atoms with van der Waals surface area (Å²) in [6.45, 7) is 10.5. The molecule has 0 fully saturated rings. The van der Waals surface area contributed by atoms with Gasteiger partial charge in [-0.25, -0.2) is 4.79 Å². The number of aryl methyl sites for hydroxylation is 1. The first-order valence-electron chi connectivity index (χ1n) is 8.46. The highest BCUT2D eigenvalue weighted by Gasteiger charge is 2.25. The third-order valence-electron chi connectivity index (χ3n) is 3.82. The van der Waals surface area contributed by atoms with Crippen LogP contribution >= 0.6 is 0 Å². The molecule has 0 aliphatic rings. The van der Waals surface area contributed by atoms with Gasteiger partial charge in [0.2, 0.25) is 5.91 Å². The molecule has 0 saturated heterocycles. The largest absolute Gasteiger partial charge is 0.454 e. The number of nitrogens with one attached hydrogen (secondary N) is 2. The summed E-state index contributed by atoms with van der Waals surface area (Å²) in [5, 5.41) is 5.36. The fourth-order valence-electron chi connectivity index (χ4n) is 2.46. The number of carbonyl (C=O) groups excluding carboxylic acids is 3. The van der Waals surface area contributed by atoms with Crippen LogP contribution in [0.1, 0.15) is 51.7 Å². The summed E-state index contributed by atoms with van der Waals surface area (Å²) in [4.78, 5) is 35.5. The van der Waals surface area contributed by atoms with Crippen LogP contribution in [0.15, 0.2) is 18.2 Å². The van der Waals surface area contributed by atoms with E-state index in [-0.39, 0.29) is 17.7 Å². The molecule has 1 rings (SSSR count). The van der Waals surface area contributed by atoms with Crippen LogP contribution in [0.25, 0.3) is 0 Å². The second kappa shape index (κ2) is 9.20. The quantitative estimate of drug-likeness (QED) is 0.742. The molecule has 0 saturated carbocycles. The molecule has 2 amide bonds. The van der Waals surface area contributed by atoms with Crippen LogP contribution in [-0.4, -0.2) is 30.4 Å². The number of carbonyl (C=O) groups is 3. The average Bonchev–Trinajstić information content (AvgIpc) is 2.51. The third-order valence-corrected chi connectivity index (χ3v) is 3.82. The number of hydrogen-bond donors (Lipinski definition) is 2. The van der Waals surface area contributed by atoms with Crippen molar-refractivity contribution in [2.75, 3.05) is 11.9 Å². The predicted molar refractivity (Wildman–Crippen MR) is 97.3 cm³/mol. The fraction of sp³-hybridized carbons (Fsp3) is 0.526. The number of amides is 2. The molecule has 25 heavy (non-hydrogen) atoms. The van der Waals surface area contributed by atoms with Gasteiger partial charge in [0.25, 0.3) is 5.91 Å². The Labute approximate surface area is 149 Å². The smallest absolute Gasteiger partial charge is 0.329 e. The molecule has 0 radical (unpaired) electrons. The molecule has 1 aromatic rings. The minimum Gasteiger partial charge on any atom is -0.454 e. The van der Waals surface area contributed by atoms with E-state index in [1.54, 1.807) is 13.8 Å². The van der Waals surface area contributed by atoms with Crippen molar-refractivity contribution in [2.24, 2.45) is 5.92 Å². The van der Waals surface area contributed by atoms with Gasteiger partial charge in [0.1, 0.15) is 6.04 Å². The Morgan fingerprint density at radius 1 is 1.12 bits per heavy atom. The van der Waals surface area contributed by atoms with E-state index in [0.29, 0.717) is 0 Å². The molecule has 0 spiro atoms. The SMILES string of the molecule is CC(=O)NC(C(=O)OCC(=O)Nc1c(C)cccc1C(C)C)C(C)C. The van der Waals surface area contributed by atoms with Crippen LogP contribution in [0.3, 0.4) is 0 Å². The van der Waals surface area contributed by atoms with E-state index in [1.165, 1.54) is 6.92 Å². The summed E-state index contributed by atoms with van der Waals surface area (Å²) in [6, 6.07) is 5.06. The van der Waals surface area contributed by atoms with E-state index in [4.69, 9.17) is 4.74 Å². The van der Waals surface area contributed by atoms with Gasteiger partial charge in [-0.2, -0.15) is 0 Å². The van der Waals surface area contributed by atoms with Gasteiger partial charge in [0.15, 0.2) is 6.61 Å². The van der Waals surface area contributed by atoms with Crippen molar-refractivity contribution in [2.45, 2.75) is 53.5 Å². The minimum atomic E-state index is -0.769. The van der Waals surface area contributed by atoms with Gasteiger partial charge in [-0.1, -0.05) is 45.9 Å². The van der Waals surface area contributed by atoms with Crippen LogP contribution in [0.2, 0.25) is 0 Å². The van der Waals surface area contributed by atoms with Crippen molar-refractivity contribution in [1.29, 1.82) is 0 Å². The maximum absolute atomic E-state index is 12.2. The summed E-state index contributed by atoms with van der Waals surface area (Å²) < 4.78 is 5.07. The van der Waals surface area contributed by atoms with Gasteiger partial charge in [-0.3, -0.25) is 9.59 Å². The number of esters is 1. The Hall–Kier alpha value is -2.37. The van der Waals surface area contributed by atoms with Crippen molar-refractivity contribution >= 4 is 23.5 Å². The number of anilines is 1. The zero-order valence-corrected chi connectivity index (χ0v) is 15.8. The Balaban J connectivity index is 2.72. The summed E-state index contributed by atoms with van der Waals surface area (Å²) in [5.74, 6) is -1.23. The first-order valence-corrected chi connectivity index (χ1v) is 8.46. The molecular formula is C19H28N2O4. The Bertz CT molecular complexity index is 638. The molecule has 1 atom stereocenters. The summed E-state index contributed by atoms with van der Waals surface area (Å²) in [6.07, 6.45) is 0. The highest BCUT2D eigenvalue weighted by atomic mass is 16.5.